The Morgan fingerprint density at radius 3 is 2.34 bits per heavy atom. The zero-order valence-corrected chi connectivity index (χ0v) is 19.9. The summed E-state index contributed by atoms with van der Waals surface area (Å²) < 4.78 is 0. The monoisotopic (exact) mass is 488 g/mol. The van der Waals surface area contributed by atoms with Gasteiger partial charge in [0.05, 0.1) is 25.5 Å². The summed E-state index contributed by atoms with van der Waals surface area (Å²) in [5, 5.41) is 0.794. The molecule has 3 aromatic carbocycles. The summed E-state index contributed by atoms with van der Waals surface area (Å²) in [5.74, 6) is 0. The molecule has 0 amide bonds. The van der Waals surface area contributed by atoms with Gasteiger partial charge in [-0.2, -0.15) is 0 Å². The van der Waals surface area contributed by atoms with Crippen LogP contribution in [0.4, 0.5) is 11.4 Å². The van der Waals surface area contributed by atoms with Gasteiger partial charge in [-0.15, -0.1) is 0 Å². The molecule has 0 radical (unpaired) electrons. The number of nitrogens with one attached hydrogen (secondary N) is 1. The highest BCUT2D eigenvalue weighted by atomic mass is 79.9. The molecule has 0 saturated carbocycles. The summed E-state index contributed by atoms with van der Waals surface area (Å²) in [6.45, 7) is 2.05. The van der Waals surface area contributed by atoms with E-state index in [4.69, 9.17) is 11.6 Å². The topological polar surface area (TPSA) is 7.68 Å². The minimum absolute atomic E-state index is 0. The second-order valence-corrected chi connectivity index (χ2v) is 9.11. The maximum absolute atomic E-state index is 6.33. The molecule has 1 N–H and O–H groups in total. The molecule has 3 aromatic rings. The lowest BCUT2D eigenvalue weighted by atomic mass is 10.0. The van der Waals surface area contributed by atoms with Crippen LogP contribution in [-0.2, 0) is 13.0 Å². The van der Waals surface area contributed by atoms with Crippen LogP contribution in [0.5, 0.6) is 0 Å². The number of fused-ring (bicyclic) bond motifs is 2. The summed E-state index contributed by atoms with van der Waals surface area (Å²) in [4.78, 5) is 6.49. The highest BCUT2D eigenvalue weighted by Gasteiger charge is 2.23. The third-order valence-corrected chi connectivity index (χ3v) is 6.44. The van der Waals surface area contributed by atoms with Crippen LogP contribution in [0.2, 0.25) is 5.02 Å². The molecule has 0 aromatic heterocycles. The Balaban J connectivity index is 0.00000240. The fourth-order valence-electron chi connectivity index (χ4n) is 3.83. The zero-order valence-electron chi connectivity index (χ0n) is 16.8. The largest absolute Gasteiger partial charge is 1.00 e. The molecular formula is C24H26BrClN2S. The van der Waals surface area contributed by atoms with E-state index in [0.717, 1.165) is 31.0 Å². The summed E-state index contributed by atoms with van der Waals surface area (Å²) in [5.41, 5.74) is 5.44. The Hall–Kier alpha value is -1.46. The van der Waals surface area contributed by atoms with Crippen LogP contribution in [0.25, 0.3) is 0 Å². The first-order valence-corrected chi connectivity index (χ1v) is 11.0. The van der Waals surface area contributed by atoms with E-state index in [1.54, 1.807) is 0 Å². The first kappa shape index (κ1) is 22.2. The van der Waals surface area contributed by atoms with Crippen molar-refractivity contribution in [1.29, 1.82) is 0 Å². The minimum Gasteiger partial charge on any atom is -1.00 e. The van der Waals surface area contributed by atoms with Gasteiger partial charge in [-0.1, -0.05) is 59.8 Å². The van der Waals surface area contributed by atoms with Gasteiger partial charge in [0.25, 0.3) is 0 Å². The minimum atomic E-state index is 0. The molecule has 1 aliphatic heterocycles. The molecule has 0 aliphatic carbocycles. The fourth-order valence-corrected chi connectivity index (χ4v) is 5.07. The SMILES string of the molecule is C[NH+](C)Cc1ccccc1CCCN1c2ccccc2Sc2ccc(Cl)cc21.[Br-]. The summed E-state index contributed by atoms with van der Waals surface area (Å²) >= 11 is 8.16. The number of anilines is 2. The summed E-state index contributed by atoms with van der Waals surface area (Å²) in [7, 11) is 4.42. The van der Waals surface area contributed by atoms with Crippen LogP contribution in [-0.4, -0.2) is 20.6 Å². The van der Waals surface area contributed by atoms with Crippen LogP contribution < -0.4 is 26.8 Å². The molecule has 0 saturated heterocycles. The molecule has 152 valence electrons. The van der Waals surface area contributed by atoms with Crippen molar-refractivity contribution in [1.82, 2.24) is 0 Å². The average molecular weight is 490 g/mol. The van der Waals surface area contributed by atoms with Gasteiger partial charge in [0.1, 0.15) is 6.54 Å². The third kappa shape index (κ3) is 5.18. The number of aryl methyl sites for hydroxylation is 1. The van der Waals surface area contributed by atoms with E-state index >= 15 is 0 Å². The molecule has 4 rings (SSSR count). The first-order chi connectivity index (χ1) is 13.6. The van der Waals surface area contributed by atoms with Crippen molar-refractivity contribution in [2.45, 2.75) is 29.2 Å². The quantitative estimate of drug-likeness (QED) is 0.568. The van der Waals surface area contributed by atoms with Gasteiger partial charge in [0.2, 0.25) is 0 Å². The molecule has 2 nitrogen and oxygen atoms in total. The molecule has 0 atom stereocenters. The number of hydrogen-bond donors (Lipinski definition) is 1. The van der Waals surface area contributed by atoms with Crippen molar-refractivity contribution in [2.24, 2.45) is 0 Å². The van der Waals surface area contributed by atoms with Crippen LogP contribution >= 0.6 is 23.4 Å². The average Bonchev–Trinajstić information content (AvgIpc) is 2.68. The van der Waals surface area contributed by atoms with Crippen LogP contribution in [0.1, 0.15) is 17.5 Å². The number of halogens is 2. The molecule has 5 heteroatoms. The third-order valence-electron chi connectivity index (χ3n) is 5.08. The van der Waals surface area contributed by atoms with E-state index in [9.17, 15) is 0 Å². The lowest BCUT2D eigenvalue weighted by Gasteiger charge is -2.33. The number of quaternary nitrogens is 1. The van der Waals surface area contributed by atoms with Gasteiger partial charge in [0.15, 0.2) is 0 Å². The molecule has 0 bridgehead atoms. The van der Waals surface area contributed by atoms with Crippen LogP contribution in [0.3, 0.4) is 0 Å². The molecular weight excluding hydrogens is 464 g/mol. The Bertz CT molecular complexity index is 977. The van der Waals surface area contributed by atoms with Crippen molar-refractivity contribution in [3.8, 4) is 0 Å². The fraction of sp³-hybridized carbons (Fsp3) is 0.250. The van der Waals surface area contributed by atoms with Crippen molar-refractivity contribution < 1.29 is 21.9 Å². The van der Waals surface area contributed by atoms with E-state index in [2.05, 4.69) is 79.7 Å². The van der Waals surface area contributed by atoms with Gasteiger partial charge >= 0.3 is 0 Å². The lowest BCUT2D eigenvalue weighted by molar-refractivity contribution is -0.872. The summed E-state index contributed by atoms with van der Waals surface area (Å²) in [6, 6.07) is 23.7. The lowest BCUT2D eigenvalue weighted by Crippen LogP contribution is -3.04. The first-order valence-electron chi connectivity index (χ1n) is 9.81. The maximum atomic E-state index is 6.33. The maximum Gasteiger partial charge on any atom is 0.103 e. The standard InChI is InChI=1S/C24H25ClN2S.BrH/c1-26(2)17-19-9-4-3-8-18(19)10-7-15-27-21-11-5-6-12-23(21)28-24-14-13-20(25)16-22(24)27;/h3-6,8-9,11-14,16H,7,10,15,17H2,1-2H3;1H. The van der Waals surface area contributed by atoms with Crippen molar-refractivity contribution in [3.63, 3.8) is 0 Å². The smallest absolute Gasteiger partial charge is 0.103 e. The van der Waals surface area contributed by atoms with E-state index in [-0.39, 0.29) is 17.0 Å². The van der Waals surface area contributed by atoms with Gasteiger partial charge in [-0.25, -0.2) is 0 Å². The molecule has 1 aliphatic rings. The highest BCUT2D eigenvalue weighted by Crippen LogP contribution is 2.48. The molecule has 29 heavy (non-hydrogen) atoms. The van der Waals surface area contributed by atoms with Gasteiger partial charge in [0, 0.05) is 26.9 Å². The number of para-hydroxylation sites is 1. The second kappa shape index (κ2) is 10.0. The second-order valence-electron chi connectivity index (χ2n) is 7.59. The van der Waals surface area contributed by atoms with E-state index in [1.165, 1.54) is 37.2 Å². The number of rotatable bonds is 6. The summed E-state index contributed by atoms with van der Waals surface area (Å²) in [6.07, 6.45) is 2.19. The van der Waals surface area contributed by atoms with Crippen molar-refractivity contribution in [2.75, 3.05) is 25.5 Å². The van der Waals surface area contributed by atoms with Crippen molar-refractivity contribution in [3.05, 3.63) is 82.9 Å². The highest BCUT2D eigenvalue weighted by molar-refractivity contribution is 7.99. The van der Waals surface area contributed by atoms with Gasteiger partial charge in [-0.3, -0.25) is 0 Å². The Labute approximate surface area is 193 Å². The predicted molar refractivity (Wildman–Crippen MR) is 120 cm³/mol. The van der Waals surface area contributed by atoms with E-state index in [0.29, 0.717) is 0 Å². The normalized spacial score (nSPS) is 12.3. The predicted octanol–water partition coefficient (Wildman–Crippen LogP) is 2.22. The van der Waals surface area contributed by atoms with Gasteiger partial charge < -0.3 is 26.8 Å². The number of hydrogen-bond acceptors (Lipinski definition) is 2. The van der Waals surface area contributed by atoms with Crippen LogP contribution in [0.15, 0.2) is 76.5 Å². The van der Waals surface area contributed by atoms with Crippen LogP contribution in [0, 0.1) is 0 Å². The van der Waals surface area contributed by atoms with E-state index < -0.39 is 0 Å². The Morgan fingerprint density at radius 2 is 1.55 bits per heavy atom. The number of nitrogens with zero attached hydrogens (tertiary/aromatic N) is 1. The van der Waals surface area contributed by atoms with Crippen molar-refractivity contribution >= 4 is 34.7 Å². The van der Waals surface area contributed by atoms with Gasteiger partial charge in [-0.05, 0) is 48.7 Å². The molecule has 0 spiro atoms. The molecule has 0 unspecified atom stereocenters. The van der Waals surface area contributed by atoms with E-state index in [1.807, 2.05) is 17.8 Å². The zero-order chi connectivity index (χ0) is 19.5. The Kier molecular flexibility index (Phi) is 7.69. The number of benzene rings is 3. The molecule has 0 fully saturated rings. The molecule has 1 heterocycles. The Morgan fingerprint density at radius 1 is 0.862 bits per heavy atom.